The molecule has 1 atom stereocenters. The van der Waals surface area contributed by atoms with Crippen LogP contribution in [0.3, 0.4) is 0 Å². The smallest absolute Gasteiger partial charge is 0.411 e. The lowest BCUT2D eigenvalue weighted by Crippen LogP contribution is -2.51. The predicted octanol–water partition coefficient (Wildman–Crippen LogP) is 1.93. The maximum absolute atomic E-state index is 12.8. The van der Waals surface area contributed by atoms with Crippen LogP contribution in [0.2, 0.25) is 0 Å². The number of hydrogen-bond donors (Lipinski definition) is 3. The van der Waals surface area contributed by atoms with Gasteiger partial charge in [-0.15, -0.1) is 0 Å². The summed E-state index contributed by atoms with van der Waals surface area (Å²) in [6.07, 6.45) is -5.85. The van der Waals surface area contributed by atoms with E-state index >= 15 is 0 Å². The zero-order valence-electron chi connectivity index (χ0n) is 14.1. The highest BCUT2D eigenvalue weighted by atomic mass is 19.4. The molecular formula is C17H18F4N2O4. The molecule has 148 valence electrons. The van der Waals surface area contributed by atoms with Crippen molar-refractivity contribution in [3.8, 4) is 0 Å². The van der Waals surface area contributed by atoms with E-state index in [1.54, 1.807) is 0 Å². The minimum absolute atomic E-state index is 0.122. The van der Waals surface area contributed by atoms with Gasteiger partial charge in [0, 0.05) is 6.42 Å². The van der Waals surface area contributed by atoms with Crippen molar-refractivity contribution in [2.24, 2.45) is 0 Å². The number of amides is 2. The van der Waals surface area contributed by atoms with Crippen LogP contribution in [0, 0.1) is 5.82 Å². The van der Waals surface area contributed by atoms with E-state index in [-0.39, 0.29) is 25.7 Å². The summed E-state index contributed by atoms with van der Waals surface area (Å²) in [6.45, 7) is 0. The number of hydrogen-bond acceptors (Lipinski definition) is 3. The Morgan fingerprint density at radius 3 is 2.19 bits per heavy atom. The van der Waals surface area contributed by atoms with Crippen molar-refractivity contribution in [3.63, 3.8) is 0 Å². The van der Waals surface area contributed by atoms with Gasteiger partial charge in [0.2, 0.25) is 11.8 Å². The molecule has 0 aromatic heterocycles. The SMILES string of the molecule is O=C(CCc1ccc(F)cc1)N[C@@H](CC(=O)NC1(C(F)(F)F)CC1)C(=O)O. The van der Waals surface area contributed by atoms with Gasteiger partial charge in [-0.3, -0.25) is 9.59 Å². The van der Waals surface area contributed by atoms with Crippen LogP contribution in [-0.2, 0) is 20.8 Å². The molecular weight excluding hydrogens is 372 g/mol. The average molecular weight is 390 g/mol. The molecule has 0 radical (unpaired) electrons. The Kier molecular flexibility index (Phi) is 6.07. The van der Waals surface area contributed by atoms with Crippen LogP contribution in [0.25, 0.3) is 0 Å². The summed E-state index contributed by atoms with van der Waals surface area (Å²) in [5.41, 5.74) is -1.64. The molecule has 3 N–H and O–H groups in total. The summed E-state index contributed by atoms with van der Waals surface area (Å²) < 4.78 is 51.3. The molecule has 6 nitrogen and oxygen atoms in total. The highest BCUT2D eigenvalue weighted by Gasteiger charge is 2.64. The van der Waals surface area contributed by atoms with Crippen molar-refractivity contribution < 1.29 is 37.1 Å². The van der Waals surface area contributed by atoms with E-state index in [1.165, 1.54) is 24.3 Å². The van der Waals surface area contributed by atoms with E-state index in [1.807, 2.05) is 5.32 Å². The van der Waals surface area contributed by atoms with E-state index in [2.05, 4.69) is 5.32 Å². The van der Waals surface area contributed by atoms with E-state index in [9.17, 15) is 31.9 Å². The van der Waals surface area contributed by atoms with Gasteiger partial charge in [-0.2, -0.15) is 13.2 Å². The molecule has 10 heteroatoms. The number of aryl methyl sites for hydroxylation is 1. The first kappa shape index (κ1) is 20.7. The van der Waals surface area contributed by atoms with Gasteiger partial charge in [0.25, 0.3) is 0 Å². The zero-order valence-corrected chi connectivity index (χ0v) is 14.1. The summed E-state index contributed by atoms with van der Waals surface area (Å²) in [5, 5.41) is 13.0. The minimum Gasteiger partial charge on any atom is -0.480 e. The monoisotopic (exact) mass is 390 g/mol. The van der Waals surface area contributed by atoms with Gasteiger partial charge in [-0.25, -0.2) is 9.18 Å². The van der Waals surface area contributed by atoms with Crippen molar-refractivity contribution in [2.45, 2.75) is 49.9 Å². The maximum atomic E-state index is 12.8. The minimum atomic E-state index is -4.61. The normalized spacial score (nSPS) is 16.3. The number of benzene rings is 1. The molecule has 1 aromatic carbocycles. The van der Waals surface area contributed by atoms with Crippen molar-refractivity contribution in [3.05, 3.63) is 35.6 Å². The fraction of sp³-hybridized carbons (Fsp3) is 0.471. The number of nitrogens with one attached hydrogen (secondary N) is 2. The summed E-state index contributed by atoms with van der Waals surface area (Å²) in [7, 11) is 0. The molecule has 1 aliphatic carbocycles. The quantitative estimate of drug-likeness (QED) is 0.591. The highest BCUT2D eigenvalue weighted by molar-refractivity contribution is 5.89. The average Bonchev–Trinajstić information content (AvgIpc) is 3.34. The number of rotatable bonds is 8. The molecule has 1 saturated carbocycles. The van der Waals surface area contributed by atoms with E-state index in [4.69, 9.17) is 5.11 Å². The number of carbonyl (C=O) groups is 3. The molecule has 0 unspecified atom stereocenters. The van der Waals surface area contributed by atoms with Crippen LogP contribution < -0.4 is 10.6 Å². The molecule has 1 fully saturated rings. The van der Waals surface area contributed by atoms with Gasteiger partial charge in [0.05, 0.1) is 6.42 Å². The summed E-state index contributed by atoms with van der Waals surface area (Å²) in [5.74, 6) is -3.75. The van der Waals surface area contributed by atoms with Crippen LogP contribution in [0.4, 0.5) is 17.6 Å². The Hall–Kier alpha value is -2.65. The first-order chi connectivity index (χ1) is 12.5. The topological polar surface area (TPSA) is 95.5 Å². The van der Waals surface area contributed by atoms with Crippen LogP contribution in [0.15, 0.2) is 24.3 Å². The van der Waals surface area contributed by atoms with Crippen molar-refractivity contribution in [1.29, 1.82) is 0 Å². The van der Waals surface area contributed by atoms with Crippen LogP contribution in [0.1, 0.15) is 31.2 Å². The van der Waals surface area contributed by atoms with E-state index in [0.717, 1.165) is 0 Å². The predicted molar refractivity (Wildman–Crippen MR) is 85.1 cm³/mol. The lowest BCUT2D eigenvalue weighted by atomic mass is 10.1. The lowest BCUT2D eigenvalue weighted by Gasteiger charge is -2.22. The van der Waals surface area contributed by atoms with E-state index in [0.29, 0.717) is 5.56 Å². The van der Waals surface area contributed by atoms with Gasteiger partial charge in [-0.1, -0.05) is 12.1 Å². The number of carboxylic acids is 1. The van der Waals surface area contributed by atoms with Gasteiger partial charge in [0.15, 0.2) is 0 Å². The zero-order chi connectivity index (χ0) is 20.2. The van der Waals surface area contributed by atoms with Gasteiger partial charge in [0.1, 0.15) is 17.4 Å². The molecule has 2 rings (SSSR count). The summed E-state index contributed by atoms with van der Waals surface area (Å²) in [4.78, 5) is 34.9. The van der Waals surface area contributed by atoms with Gasteiger partial charge < -0.3 is 15.7 Å². The second-order valence-corrected chi connectivity index (χ2v) is 6.42. The maximum Gasteiger partial charge on any atom is 0.411 e. The molecule has 2 amide bonds. The molecule has 0 heterocycles. The fourth-order valence-electron chi connectivity index (χ4n) is 2.48. The number of carbonyl (C=O) groups excluding carboxylic acids is 2. The third-order valence-corrected chi connectivity index (χ3v) is 4.25. The molecule has 0 bridgehead atoms. The van der Waals surface area contributed by atoms with E-state index < -0.39 is 47.8 Å². The van der Waals surface area contributed by atoms with Crippen molar-refractivity contribution in [1.82, 2.24) is 10.6 Å². The number of carboxylic acid groups (broad SMARTS) is 1. The van der Waals surface area contributed by atoms with Crippen molar-refractivity contribution in [2.75, 3.05) is 0 Å². The Balaban J connectivity index is 1.85. The van der Waals surface area contributed by atoms with Crippen LogP contribution in [0.5, 0.6) is 0 Å². The fourth-order valence-corrected chi connectivity index (χ4v) is 2.48. The standard InChI is InChI=1S/C17H18F4N2O4/c18-11-4-1-10(2-5-11)3-6-13(24)22-12(15(26)27)9-14(25)23-16(7-8-16)17(19,20)21/h1-2,4-5,12H,3,6-9H2,(H,22,24)(H,23,25)(H,26,27)/t12-/m0/s1. The Bertz CT molecular complexity index is 715. The molecule has 27 heavy (non-hydrogen) atoms. The Morgan fingerprint density at radius 2 is 1.70 bits per heavy atom. The molecule has 0 spiro atoms. The first-order valence-electron chi connectivity index (χ1n) is 8.17. The third-order valence-electron chi connectivity index (χ3n) is 4.25. The second kappa shape index (κ2) is 7.93. The molecule has 0 saturated heterocycles. The number of aliphatic carboxylic acids is 1. The number of alkyl halides is 3. The summed E-state index contributed by atoms with van der Waals surface area (Å²) >= 11 is 0. The molecule has 0 aliphatic heterocycles. The van der Waals surface area contributed by atoms with Crippen LogP contribution >= 0.6 is 0 Å². The second-order valence-electron chi connectivity index (χ2n) is 6.42. The Labute approximate surface area is 151 Å². The van der Waals surface area contributed by atoms with Gasteiger partial charge >= 0.3 is 12.1 Å². The number of halogens is 4. The lowest BCUT2D eigenvalue weighted by molar-refractivity contribution is -0.170. The first-order valence-corrected chi connectivity index (χ1v) is 8.17. The Morgan fingerprint density at radius 1 is 1.11 bits per heavy atom. The third kappa shape index (κ3) is 5.66. The largest absolute Gasteiger partial charge is 0.480 e. The molecule has 1 aromatic rings. The van der Waals surface area contributed by atoms with Crippen molar-refractivity contribution >= 4 is 17.8 Å². The molecule has 1 aliphatic rings. The summed E-state index contributed by atoms with van der Waals surface area (Å²) in [6, 6.07) is 3.72. The van der Waals surface area contributed by atoms with Gasteiger partial charge in [-0.05, 0) is 37.0 Å². The highest BCUT2D eigenvalue weighted by Crippen LogP contribution is 2.48. The van der Waals surface area contributed by atoms with Crippen LogP contribution in [-0.4, -0.2) is 40.6 Å².